The summed E-state index contributed by atoms with van der Waals surface area (Å²) in [6, 6.07) is 1.86. The van der Waals surface area contributed by atoms with Crippen LogP contribution in [0.5, 0.6) is 0 Å². The predicted molar refractivity (Wildman–Crippen MR) is 180 cm³/mol. The van der Waals surface area contributed by atoms with E-state index in [0.29, 0.717) is 39.5 Å². The molecule has 1 aliphatic rings. The van der Waals surface area contributed by atoms with Crippen molar-refractivity contribution in [3.8, 4) is 0 Å². The zero-order chi connectivity index (χ0) is 31.6. The number of aliphatic hydroxyl groups excluding tert-OH is 1. The van der Waals surface area contributed by atoms with Gasteiger partial charge in [-0.25, -0.2) is 9.97 Å². The molecule has 0 saturated heterocycles. The standard InChI is InChI=1S/C32H55N3O4SSi2/c1-20(2)42(21(3)4,22(5)6)39-28-15-26(13-24(28)17-38-41(11,12)32(8,9)10)35-31-27(16-33-19-34-31)30(37)29-14-25(18-40-29)23(7)36/h14,16,18-24,26,28,36H,13,15,17H2,1-12H3,(H,33,34,35)/t23-,24?,26?,28?/m1/s1. The number of nitrogens with one attached hydrogen (secondary N) is 1. The van der Waals surface area contributed by atoms with Gasteiger partial charge in [0.1, 0.15) is 12.1 Å². The number of carbonyl (C=O) groups excluding carboxylic acids is 1. The first-order chi connectivity index (χ1) is 19.4. The van der Waals surface area contributed by atoms with Gasteiger partial charge in [-0.15, -0.1) is 11.3 Å². The van der Waals surface area contributed by atoms with Gasteiger partial charge in [0.25, 0.3) is 0 Å². The van der Waals surface area contributed by atoms with Crippen LogP contribution in [0.3, 0.4) is 0 Å². The number of rotatable bonds is 13. The second-order valence-electron chi connectivity index (χ2n) is 14.7. The molecule has 2 aromatic rings. The number of hydrogen-bond donors (Lipinski definition) is 2. The van der Waals surface area contributed by atoms with Crippen LogP contribution in [0, 0.1) is 5.92 Å². The topological polar surface area (TPSA) is 93.6 Å². The Bertz CT molecular complexity index is 1170. The predicted octanol–water partition coefficient (Wildman–Crippen LogP) is 8.60. The molecule has 0 bridgehead atoms. The molecule has 1 aliphatic carbocycles. The maximum atomic E-state index is 13.5. The Morgan fingerprint density at radius 2 is 1.71 bits per heavy atom. The summed E-state index contributed by atoms with van der Waals surface area (Å²) in [6.45, 7) is 27.9. The Morgan fingerprint density at radius 1 is 1.10 bits per heavy atom. The normalized spacial score (nSPS) is 21.0. The number of carbonyl (C=O) groups is 1. The van der Waals surface area contributed by atoms with E-state index >= 15 is 0 Å². The minimum absolute atomic E-state index is 0.0815. The molecule has 4 atom stereocenters. The summed E-state index contributed by atoms with van der Waals surface area (Å²) in [5.41, 5.74) is 2.67. The molecule has 2 aromatic heterocycles. The molecule has 3 rings (SSSR count). The van der Waals surface area contributed by atoms with Gasteiger partial charge in [0, 0.05) is 24.8 Å². The molecule has 7 nitrogen and oxygen atoms in total. The number of aliphatic hydroxyl groups is 1. The average molecular weight is 634 g/mol. The van der Waals surface area contributed by atoms with Gasteiger partial charge < -0.3 is 19.3 Å². The van der Waals surface area contributed by atoms with Crippen molar-refractivity contribution in [3.05, 3.63) is 40.0 Å². The van der Waals surface area contributed by atoms with E-state index in [9.17, 15) is 9.90 Å². The molecule has 2 heterocycles. The van der Waals surface area contributed by atoms with Crippen molar-refractivity contribution in [2.24, 2.45) is 5.92 Å². The molecule has 10 heteroatoms. The van der Waals surface area contributed by atoms with Gasteiger partial charge >= 0.3 is 0 Å². The van der Waals surface area contributed by atoms with E-state index in [1.807, 2.05) is 5.38 Å². The first-order valence-electron chi connectivity index (χ1n) is 15.6. The molecule has 236 valence electrons. The van der Waals surface area contributed by atoms with Crippen molar-refractivity contribution in [3.63, 3.8) is 0 Å². The van der Waals surface area contributed by atoms with Gasteiger partial charge in [0.15, 0.2) is 8.32 Å². The highest BCUT2D eigenvalue weighted by Gasteiger charge is 2.50. The summed E-state index contributed by atoms with van der Waals surface area (Å²) in [4.78, 5) is 22.8. The Labute approximate surface area is 260 Å². The lowest BCUT2D eigenvalue weighted by Crippen LogP contribution is -2.51. The zero-order valence-electron chi connectivity index (χ0n) is 27.9. The molecule has 3 unspecified atom stereocenters. The van der Waals surface area contributed by atoms with E-state index < -0.39 is 22.7 Å². The smallest absolute Gasteiger partial charge is 0.208 e. The zero-order valence-corrected chi connectivity index (χ0v) is 30.8. The fourth-order valence-corrected chi connectivity index (χ4v) is 14.0. The minimum atomic E-state index is -2.12. The first-order valence-corrected chi connectivity index (χ1v) is 21.5. The molecule has 42 heavy (non-hydrogen) atoms. The molecule has 0 aliphatic heterocycles. The highest BCUT2D eigenvalue weighted by molar-refractivity contribution is 7.12. The van der Waals surface area contributed by atoms with Crippen LogP contribution in [-0.2, 0) is 8.85 Å². The van der Waals surface area contributed by atoms with E-state index in [1.54, 1.807) is 19.2 Å². The SMILES string of the molecule is CC(C)[Si](OC1CC(Nc2ncncc2C(=O)c2cc([C@@H](C)O)cs2)CC1CO[Si](C)(C)C(C)(C)C)(C(C)C)C(C)C. The van der Waals surface area contributed by atoms with Crippen LogP contribution in [0.4, 0.5) is 5.82 Å². The van der Waals surface area contributed by atoms with Gasteiger partial charge in [0.05, 0.1) is 22.6 Å². The number of aromatic nitrogens is 2. The van der Waals surface area contributed by atoms with Crippen LogP contribution in [0.15, 0.2) is 24.0 Å². The molecule has 2 N–H and O–H groups in total. The Hall–Kier alpha value is -1.44. The fourth-order valence-electron chi connectivity index (χ4n) is 6.35. The highest BCUT2D eigenvalue weighted by Crippen LogP contribution is 2.46. The molecule has 0 radical (unpaired) electrons. The second kappa shape index (κ2) is 13.7. The summed E-state index contributed by atoms with van der Waals surface area (Å²) in [5, 5.41) is 15.5. The van der Waals surface area contributed by atoms with Crippen molar-refractivity contribution >= 4 is 39.6 Å². The first kappa shape index (κ1) is 35.0. The number of nitrogens with zero attached hydrogens (tertiary/aromatic N) is 2. The van der Waals surface area contributed by atoms with E-state index in [1.165, 1.54) is 17.7 Å². The van der Waals surface area contributed by atoms with E-state index in [0.717, 1.165) is 18.4 Å². The quantitative estimate of drug-likeness (QED) is 0.169. The van der Waals surface area contributed by atoms with Crippen molar-refractivity contribution in [1.29, 1.82) is 0 Å². The van der Waals surface area contributed by atoms with E-state index in [-0.39, 0.29) is 28.9 Å². The van der Waals surface area contributed by atoms with Crippen LogP contribution in [-0.4, -0.2) is 56.2 Å². The Morgan fingerprint density at radius 3 is 2.24 bits per heavy atom. The van der Waals surface area contributed by atoms with Crippen LogP contribution >= 0.6 is 11.3 Å². The number of thiophene rings is 1. The van der Waals surface area contributed by atoms with Crippen molar-refractivity contribution in [2.75, 3.05) is 11.9 Å². The summed E-state index contributed by atoms with van der Waals surface area (Å²) < 4.78 is 14.2. The molecule has 1 fully saturated rings. The number of anilines is 1. The number of hydrogen-bond acceptors (Lipinski definition) is 8. The van der Waals surface area contributed by atoms with Gasteiger partial charge in [0.2, 0.25) is 14.1 Å². The summed E-state index contributed by atoms with van der Waals surface area (Å²) in [6.07, 6.45) is 4.28. The lowest BCUT2D eigenvalue weighted by Gasteiger charge is -2.45. The summed E-state index contributed by atoms with van der Waals surface area (Å²) >= 11 is 1.34. The highest BCUT2D eigenvalue weighted by atomic mass is 32.1. The van der Waals surface area contributed by atoms with Gasteiger partial charge in [-0.05, 0) is 71.5 Å². The van der Waals surface area contributed by atoms with Crippen LogP contribution in [0.2, 0.25) is 34.8 Å². The number of ketones is 1. The molecular weight excluding hydrogens is 579 g/mol. The Kier molecular flexibility index (Phi) is 11.4. The fraction of sp³-hybridized carbons (Fsp3) is 0.719. The van der Waals surface area contributed by atoms with Gasteiger partial charge in [-0.1, -0.05) is 62.3 Å². The maximum Gasteiger partial charge on any atom is 0.208 e. The van der Waals surface area contributed by atoms with Crippen LogP contribution < -0.4 is 5.32 Å². The lowest BCUT2D eigenvalue weighted by atomic mass is 10.1. The average Bonchev–Trinajstić information content (AvgIpc) is 3.52. The largest absolute Gasteiger partial charge is 0.416 e. The van der Waals surface area contributed by atoms with Crippen molar-refractivity contribution in [2.45, 2.75) is 135 Å². The van der Waals surface area contributed by atoms with Crippen LogP contribution in [0.1, 0.15) is 109 Å². The molecular formula is C32H55N3O4SSi2. The molecule has 1 saturated carbocycles. The second-order valence-corrected chi connectivity index (χ2v) is 25.8. The third kappa shape index (κ3) is 7.61. The lowest BCUT2D eigenvalue weighted by molar-refractivity contribution is 0.0971. The molecule has 0 amide bonds. The van der Waals surface area contributed by atoms with Crippen molar-refractivity contribution in [1.82, 2.24) is 9.97 Å². The van der Waals surface area contributed by atoms with Gasteiger partial charge in [-0.3, -0.25) is 4.79 Å². The third-order valence-corrected chi connectivity index (χ3v) is 21.4. The molecule has 0 aromatic carbocycles. The van der Waals surface area contributed by atoms with Crippen molar-refractivity contribution < 1.29 is 18.8 Å². The van der Waals surface area contributed by atoms with E-state index in [4.69, 9.17) is 8.85 Å². The third-order valence-electron chi connectivity index (χ3n) is 9.78. The maximum absolute atomic E-state index is 13.5. The summed E-state index contributed by atoms with van der Waals surface area (Å²) in [7, 11) is -4.05. The monoisotopic (exact) mass is 633 g/mol. The Balaban J connectivity index is 1.89. The van der Waals surface area contributed by atoms with Gasteiger partial charge in [-0.2, -0.15) is 0 Å². The summed E-state index contributed by atoms with van der Waals surface area (Å²) in [5.74, 6) is 0.674. The minimum Gasteiger partial charge on any atom is -0.416 e. The van der Waals surface area contributed by atoms with E-state index in [2.05, 4.69) is 90.7 Å². The van der Waals surface area contributed by atoms with Crippen LogP contribution in [0.25, 0.3) is 0 Å². The molecule has 0 spiro atoms.